The van der Waals surface area contributed by atoms with Crippen LogP contribution in [0.3, 0.4) is 0 Å². The van der Waals surface area contributed by atoms with Crippen molar-refractivity contribution in [1.29, 1.82) is 0 Å². The summed E-state index contributed by atoms with van der Waals surface area (Å²) in [6.45, 7) is 6.10. The summed E-state index contributed by atoms with van der Waals surface area (Å²) < 4.78 is 11.3. The maximum atomic E-state index is 5.68. The number of benzene rings is 4. The summed E-state index contributed by atoms with van der Waals surface area (Å²) in [6, 6.07) is 47.4. The van der Waals surface area contributed by atoms with E-state index in [0.29, 0.717) is 11.6 Å². The van der Waals surface area contributed by atoms with Gasteiger partial charge in [-0.3, -0.25) is 10.1 Å². The fraction of sp³-hybridized carbons (Fsp3) is 0.0857. The molecule has 2 heterocycles. The van der Waals surface area contributed by atoms with E-state index >= 15 is 0 Å². The van der Waals surface area contributed by atoms with Gasteiger partial charge in [0.05, 0.1) is 36.6 Å². The Kier molecular flexibility index (Phi) is 16.8. The Morgan fingerprint density at radius 2 is 1.25 bits per heavy atom. The first kappa shape index (κ1) is 36.5. The molecule has 4 aromatic carbocycles. The topological polar surface area (TPSA) is 71.2 Å². The molecule has 226 valence electrons. The molecular weight excluding hydrogens is 763 g/mol. The van der Waals surface area contributed by atoms with Gasteiger partial charge in [-0.2, -0.15) is 18.2 Å². The number of aromatic nitrogens is 4. The fourth-order valence-electron chi connectivity index (χ4n) is 3.73. The average molecular weight is 800 g/mol. The smallest absolute Gasteiger partial charge is 0.421 e. The molecule has 9 heteroatoms. The molecule has 2 aromatic heterocycles. The van der Waals surface area contributed by atoms with Crippen molar-refractivity contribution in [2.24, 2.45) is 0 Å². The van der Waals surface area contributed by atoms with Gasteiger partial charge in [-0.1, -0.05) is 60.7 Å². The van der Waals surface area contributed by atoms with Gasteiger partial charge < -0.3 is 26.6 Å². The number of hydrogen-bond donors (Lipinski definition) is 0. The summed E-state index contributed by atoms with van der Waals surface area (Å²) in [5, 5.41) is 10.6. The molecule has 0 N–H and O–H groups in total. The zero-order valence-corrected chi connectivity index (χ0v) is 29.6. The minimum atomic E-state index is -1.33. The van der Waals surface area contributed by atoms with Crippen LogP contribution >= 0.6 is 16.3 Å². The molecule has 0 saturated carbocycles. The van der Waals surface area contributed by atoms with Gasteiger partial charge in [-0.25, -0.2) is 0 Å². The molecule has 0 fully saturated rings. The van der Waals surface area contributed by atoms with E-state index in [1.54, 1.807) is 13.1 Å². The molecule has 0 amide bonds. The van der Waals surface area contributed by atoms with Gasteiger partial charge in [0.25, 0.3) is 0 Å². The monoisotopic (exact) mass is 800 g/mol. The molecule has 6 aromatic rings. The van der Waals surface area contributed by atoms with Gasteiger partial charge >= 0.3 is 28.5 Å². The van der Waals surface area contributed by atoms with E-state index in [1.807, 2.05) is 79.5 Å². The van der Waals surface area contributed by atoms with E-state index in [0.717, 1.165) is 17.2 Å². The molecule has 44 heavy (non-hydrogen) atoms. The standard InChI is InChI=1S/C13H12O2P.C13H13P.C8H7N4.CH3.Ir/c1-16(14-12-8-4-2-5-9-12)15-13-10-6-3-7-11-13;1-14(12-8-4-2-5-9-12)13-10-6-3-7-11-13;1-6-10-8(12-11-6)7-4-2-3-5-9-7;;/h2-10H,1H3;2-11H,1H3;2-5H,1H3;1H3;/q-1;;2*-1;+3/p+2. The Morgan fingerprint density at radius 3 is 1.75 bits per heavy atom. The van der Waals surface area contributed by atoms with Crippen LogP contribution in [0, 0.1) is 20.4 Å². The van der Waals surface area contributed by atoms with Crippen LogP contribution in [0.5, 0.6) is 11.5 Å². The number of pyridine rings is 1. The van der Waals surface area contributed by atoms with Crippen LogP contribution < -0.4 is 24.8 Å². The van der Waals surface area contributed by atoms with E-state index in [1.165, 1.54) is 10.6 Å². The molecule has 1 unspecified atom stereocenters. The van der Waals surface area contributed by atoms with Crippen molar-refractivity contribution >= 4 is 26.9 Å². The number of rotatable bonds is 7. The minimum Gasteiger partial charge on any atom is -0.421 e. The molecule has 0 radical (unpaired) electrons. The molecular formula is C35H37IrN4O2P2+2. The molecule has 0 spiro atoms. The zero-order chi connectivity index (χ0) is 29.4. The number of hydrogen-bond acceptors (Lipinski definition) is 5. The predicted octanol–water partition coefficient (Wildman–Crippen LogP) is 7.35. The Hall–Kier alpha value is -3.72. The predicted molar refractivity (Wildman–Crippen MR) is 183 cm³/mol. The maximum absolute atomic E-state index is 5.68. The number of nitrogens with zero attached hydrogens (tertiary/aromatic N) is 4. The quantitative estimate of drug-likeness (QED) is 0.124. The first-order valence-corrected chi connectivity index (χ1v) is 17.3. The molecule has 0 aliphatic heterocycles. The van der Waals surface area contributed by atoms with Crippen LogP contribution in [0.2, 0.25) is 0 Å². The van der Waals surface area contributed by atoms with Gasteiger partial charge in [0.15, 0.2) is 5.75 Å². The maximum Gasteiger partial charge on any atom is 3.00 e. The number of aryl methyl sites for hydroxylation is 1. The molecule has 0 aliphatic carbocycles. The van der Waals surface area contributed by atoms with E-state index in [2.05, 4.69) is 93.6 Å². The summed E-state index contributed by atoms with van der Waals surface area (Å²) in [7, 11) is -1.87. The summed E-state index contributed by atoms with van der Waals surface area (Å²) in [6.07, 6.45) is 1.71. The average Bonchev–Trinajstić information content (AvgIpc) is 3.50. The molecule has 0 aliphatic rings. The second-order valence-electron chi connectivity index (χ2n) is 8.99. The van der Waals surface area contributed by atoms with Crippen LogP contribution in [0.15, 0.2) is 140 Å². The van der Waals surface area contributed by atoms with E-state index in [-0.39, 0.29) is 27.5 Å². The van der Waals surface area contributed by atoms with E-state index in [4.69, 9.17) is 9.05 Å². The number of para-hydroxylation sites is 2. The van der Waals surface area contributed by atoms with Gasteiger partial charge in [0.2, 0.25) is 0 Å². The van der Waals surface area contributed by atoms with Crippen LogP contribution in [-0.4, -0.2) is 28.4 Å². The van der Waals surface area contributed by atoms with Crippen molar-refractivity contribution in [3.05, 3.63) is 159 Å². The summed E-state index contributed by atoms with van der Waals surface area (Å²) in [5.74, 6) is 2.84. The fourth-order valence-corrected chi connectivity index (χ4v) is 6.40. The zero-order valence-electron chi connectivity index (χ0n) is 25.2. The first-order chi connectivity index (χ1) is 20.6. The van der Waals surface area contributed by atoms with Crippen molar-refractivity contribution < 1.29 is 29.2 Å². The summed E-state index contributed by atoms with van der Waals surface area (Å²) in [5.41, 5.74) is 0.762. The Balaban J connectivity index is 0.000000227. The van der Waals surface area contributed by atoms with Gasteiger partial charge in [-0.15, -0.1) is 12.1 Å². The van der Waals surface area contributed by atoms with Crippen LogP contribution in [0.4, 0.5) is 0 Å². The molecule has 0 saturated heterocycles. The molecule has 0 bridgehead atoms. The van der Waals surface area contributed by atoms with Gasteiger partial charge in [0, 0.05) is 12.0 Å². The second-order valence-corrected chi connectivity index (χ2v) is 12.8. The van der Waals surface area contributed by atoms with Crippen molar-refractivity contribution in [2.45, 2.75) is 6.92 Å². The molecule has 6 nitrogen and oxygen atoms in total. The normalized spacial score (nSPS) is 10.4. The first-order valence-electron chi connectivity index (χ1n) is 13.5. The SMILES string of the molecule is C[PH+](Oc1[c-]cccc1)Oc1ccccc1.C[PH+](c1ccccc1)c1ccccc1.Cc1n[n-]c(-c2ccccn2)n1.[CH3-].[Ir+3]. The van der Waals surface area contributed by atoms with Crippen molar-refractivity contribution in [3.8, 4) is 23.0 Å². The largest absolute Gasteiger partial charge is 3.00 e. The van der Waals surface area contributed by atoms with Crippen molar-refractivity contribution in [1.82, 2.24) is 20.2 Å². The Morgan fingerprint density at radius 1 is 0.682 bits per heavy atom. The van der Waals surface area contributed by atoms with Crippen LogP contribution in [0.1, 0.15) is 5.82 Å². The third-order valence-corrected chi connectivity index (χ3v) is 9.23. The van der Waals surface area contributed by atoms with Crippen molar-refractivity contribution in [2.75, 3.05) is 13.3 Å². The van der Waals surface area contributed by atoms with Gasteiger partial charge in [-0.05, 0) is 61.3 Å². The molecule has 1 atom stereocenters. The second kappa shape index (κ2) is 20.3. The summed E-state index contributed by atoms with van der Waals surface area (Å²) >= 11 is 0. The van der Waals surface area contributed by atoms with Crippen LogP contribution in [-0.2, 0) is 20.1 Å². The Labute approximate surface area is 277 Å². The van der Waals surface area contributed by atoms with E-state index in [9.17, 15) is 0 Å². The van der Waals surface area contributed by atoms with Crippen LogP contribution in [0.25, 0.3) is 11.5 Å². The molecule has 6 rings (SSSR count). The third-order valence-electron chi connectivity index (χ3n) is 5.80. The van der Waals surface area contributed by atoms with Gasteiger partial charge in [0.1, 0.15) is 6.66 Å². The third kappa shape index (κ3) is 12.5. The van der Waals surface area contributed by atoms with E-state index < -0.39 is 16.3 Å². The summed E-state index contributed by atoms with van der Waals surface area (Å²) in [4.78, 5) is 8.19. The van der Waals surface area contributed by atoms with Crippen molar-refractivity contribution in [3.63, 3.8) is 0 Å². The minimum absolute atomic E-state index is 0. The Bertz CT molecular complexity index is 1480.